The Hall–Kier alpha value is -0.710. The summed E-state index contributed by atoms with van der Waals surface area (Å²) in [5, 5.41) is 3.32. The second-order valence-corrected chi connectivity index (χ2v) is 6.50. The average Bonchev–Trinajstić information content (AvgIpc) is 2.86. The van der Waals surface area contributed by atoms with Crippen LogP contribution in [0.1, 0.15) is 24.5 Å². The molecule has 2 rings (SSSR count). The van der Waals surface area contributed by atoms with E-state index in [0.29, 0.717) is 12.4 Å². The van der Waals surface area contributed by atoms with E-state index in [2.05, 4.69) is 24.4 Å². The number of fused-ring (bicyclic) bond motifs is 1. The normalized spacial score (nSPS) is 17.2. The summed E-state index contributed by atoms with van der Waals surface area (Å²) in [6.45, 7) is 3.53. The zero-order chi connectivity index (χ0) is 13.7. The van der Waals surface area contributed by atoms with Gasteiger partial charge in [0.1, 0.15) is 0 Å². The van der Waals surface area contributed by atoms with Crippen LogP contribution in [0.3, 0.4) is 0 Å². The van der Waals surface area contributed by atoms with Gasteiger partial charge >= 0.3 is 0 Å². The smallest absolute Gasteiger partial charge is 0.0624 e. The molecule has 0 amide bonds. The van der Waals surface area contributed by atoms with Crippen molar-refractivity contribution in [1.29, 1.82) is 0 Å². The number of likely N-dealkylation sites (N-methyl/N-ethyl adjacent to an activating group) is 1. The zero-order valence-corrected chi connectivity index (χ0v) is 12.6. The molecule has 3 nitrogen and oxygen atoms in total. The minimum Gasteiger partial charge on any atom is -0.383 e. The van der Waals surface area contributed by atoms with Crippen LogP contribution >= 0.6 is 0 Å². The molecule has 2 unspecified atom stereocenters. The number of methoxy groups -OCH3 is 1. The van der Waals surface area contributed by atoms with Crippen LogP contribution in [0.15, 0.2) is 23.1 Å². The van der Waals surface area contributed by atoms with E-state index < -0.39 is 10.8 Å². The lowest BCUT2D eigenvalue weighted by Gasteiger charge is -2.16. The first-order valence-corrected chi connectivity index (χ1v) is 8.29. The summed E-state index contributed by atoms with van der Waals surface area (Å²) in [4.78, 5) is 0.958. The summed E-state index contributed by atoms with van der Waals surface area (Å²) < 4.78 is 17.6. The van der Waals surface area contributed by atoms with Crippen molar-refractivity contribution in [2.24, 2.45) is 0 Å². The molecule has 1 aromatic rings. The van der Waals surface area contributed by atoms with Crippen LogP contribution in [-0.2, 0) is 28.4 Å². The van der Waals surface area contributed by atoms with E-state index in [4.69, 9.17) is 4.74 Å². The molecule has 0 spiro atoms. The largest absolute Gasteiger partial charge is 0.383 e. The number of hydrogen-bond donors (Lipinski definition) is 1. The molecule has 1 aliphatic carbocycles. The molecule has 19 heavy (non-hydrogen) atoms. The number of rotatable bonds is 7. The highest BCUT2D eigenvalue weighted by Gasteiger charge is 2.16. The Morgan fingerprint density at radius 1 is 1.37 bits per heavy atom. The van der Waals surface area contributed by atoms with Crippen molar-refractivity contribution in [3.8, 4) is 0 Å². The van der Waals surface area contributed by atoms with Crippen LogP contribution in [0, 0.1) is 0 Å². The quantitative estimate of drug-likeness (QED) is 0.829. The highest BCUT2D eigenvalue weighted by molar-refractivity contribution is 7.85. The fourth-order valence-electron chi connectivity index (χ4n) is 2.62. The SMILES string of the molecule is CCNC(COC)CS(=O)c1ccc2c(c1)CCC2. The maximum Gasteiger partial charge on any atom is 0.0624 e. The highest BCUT2D eigenvalue weighted by atomic mass is 32.2. The van der Waals surface area contributed by atoms with Crippen molar-refractivity contribution in [3.05, 3.63) is 29.3 Å². The molecule has 1 aromatic carbocycles. The van der Waals surface area contributed by atoms with E-state index in [1.165, 1.54) is 24.0 Å². The van der Waals surface area contributed by atoms with E-state index in [0.717, 1.165) is 17.9 Å². The molecule has 4 heteroatoms. The van der Waals surface area contributed by atoms with Gasteiger partial charge in [0.05, 0.1) is 17.4 Å². The van der Waals surface area contributed by atoms with Gasteiger partial charge < -0.3 is 10.1 Å². The average molecular weight is 281 g/mol. The topological polar surface area (TPSA) is 38.3 Å². The highest BCUT2D eigenvalue weighted by Crippen LogP contribution is 2.24. The first-order chi connectivity index (χ1) is 9.24. The maximum atomic E-state index is 12.4. The van der Waals surface area contributed by atoms with Crippen molar-refractivity contribution >= 4 is 10.8 Å². The number of ether oxygens (including phenoxy) is 1. The molecular weight excluding hydrogens is 258 g/mol. The number of nitrogens with one attached hydrogen (secondary N) is 1. The van der Waals surface area contributed by atoms with E-state index in [1.807, 2.05) is 6.07 Å². The summed E-state index contributed by atoms with van der Waals surface area (Å²) in [5.74, 6) is 0.612. The minimum absolute atomic E-state index is 0.157. The van der Waals surface area contributed by atoms with Crippen LogP contribution in [0.5, 0.6) is 0 Å². The van der Waals surface area contributed by atoms with Crippen LogP contribution in [-0.4, -0.2) is 36.3 Å². The molecule has 0 aliphatic heterocycles. The molecule has 1 aliphatic rings. The third-order valence-corrected chi connectivity index (χ3v) is 5.03. The van der Waals surface area contributed by atoms with Gasteiger partial charge in [-0.2, -0.15) is 0 Å². The van der Waals surface area contributed by atoms with Crippen LogP contribution in [0.25, 0.3) is 0 Å². The standard InChI is InChI=1S/C15H23NO2S/c1-3-16-14(10-18-2)11-19(17)15-8-7-12-5-4-6-13(12)9-15/h7-9,14,16H,3-6,10-11H2,1-2H3. The van der Waals surface area contributed by atoms with E-state index >= 15 is 0 Å². The van der Waals surface area contributed by atoms with Gasteiger partial charge in [0.15, 0.2) is 0 Å². The predicted octanol–water partition coefficient (Wildman–Crippen LogP) is 1.91. The molecule has 2 atom stereocenters. The molecule has 0 bridgehead atoms. The van der Waals surface area contributed by atoms with E-state index in [9.17, 15) is 4.21 Å². The second-order valence-electron chi connectivity index (χ2n) is 5.01. The fourth-order valence-corrected chi connectivity index (χ4v) is 3.89. The van der Waals surface area contributed by atoms with E-state index in [-0.39, 0.29) is 6.04 Å². The van der Waals surface area contributed by atoms with Crippen LogP contribution < -0.4 is 5.32 Å². The third kappa shape index (κ3) is 3.88. The van der Waals surface area contributed by atoms with Crippen LogP contribution in [0.4, 0.5) is 0 Å². The van der Waals surface area contributed by atoms with Crippen molar-refractivity contribution in [1.82, 2.24) is 5.32 Å². The summed E-state index contributed by atoms with van der Waals surface area (Å²) in [7, 11) is 0.732. The van der Waals surface area contributed by atoms with Gasteiger partial charge in [0.2, 0.25) is 0 Å². The maximum absolute atomic E-state index is 12.4. The van der Waals surface area contributed by atoms with Crippen molar-refractivity contribution in [3.63, 3.8) is 0 Å². The predicted molar refractivity (Wildman–Crippen MR) is 79.1 cm³/mol. The molecule has 0 heterocycles. The Labute approximate surface area is 118 Å². The lowest BCUT2D eigenvalue weighted by atomic mass is 10.1. The summed E-state index contributed by atoms with van der Waals surface area (Å²) >= 11 is 0. The Balaban J connectivity index is 2.02. The minimum atomic E-state index is -0.951. The molecule has 0 saturated heterocycles. The lowest BCUT2D eigenvalue weighted by Crippen LogP contribution is -2.37. The molecule has 0 saturated carbocycles. The molecule has 0 fully saturated rings. The van der Waals surface area contributed by atoms with Gasteiger partial charge in [-0.15, -0.1) is 0 Å². The summed E-state index contributed by atoms with van der Waals surface area (Å²) in [5.41, 5.74) is 2.82. The number of aryl methyl sites for hydroxylation is 2. The Morgan fingerprint density at radius 3 is 2.89 bits per heavy atom. The molecule has 106 valence electrons. The first-order valence-electron chi connectivity index (χ1n) is 6.97. The van der Waals surface area contributed by atoms with Gasteiger partial charge in [-0.3, -0.25) is 4.21 Å². The zero-order valence-electron chi connectivity index (χ0n) is 11.8. The Kier molecular flexibility index (Phi) is 5.55. The summed E-state index contributed by atoms with van der Waals surface area (Å²) in [6.07, 6.45) is 3.54. The molecule has 0 aromatic heterocycles. The number of hydrogen-bond acceptors (Lipinski definition) is 3. The van der Waals surface area contributed by atoms with Gasteiger partial charge in [0, 0.05) is 23.8 Å². The Bertz CT molecular complexity index is 442. The van der Waals surface area contributed by atoms with Gasteiger partial charge in [0.25, 0.3) is 0 Å². The Morgan fingerprint density at radius 2 is 2.16 bits per heavy atom. The number of benzene rings is 1. The van der Waals surface area contributed by atoms with Crippen molar-refractivity contribution in [2.75, 3.05) is 26.0 Å². The van der Waals surface area contributed by atoms with Gasteiger partial charge in [-0.05, 0) is 49.1 Å². The summed E-state index contributed by atoms with van der Waals surface area (Å²) in [6, 6.07) is 6.46. The van der Waals surface area contributed by atoms with E-state index in [1.54, 1.807) is 7.11 Å². The monoisotopic (exact) mass is 281 g/mol. The molecule has 0 radical (unpaired) electrons. The van der Waals surface area contributed by atoms with Gasteiger partial charge in [-0.1, -0.05) is 13.0 Å². The second kappa shape index (κ2) is 7.17. The van der Waals surface area contributed by atoms with Gasteiger partial charge in [-0.25, -0.2) is 0 Å². The first kappa shape index (κ1) is 14.7. The van der Waals surface area contributed by atoms with Crippen molar-refractivity contribution < 1.29 is 8.95 Å². The van der Waals surface area contributed by atoms with Crippen LogP contribution in [0.2, 0.25) is 0 Å². The lowest BCUT2D eigenvalue weighted by molar-refractivity contribution is 0.174. The fraction of sp³-hybridized carbons (Fsp3) is 0.600. The molecule has 1 N–H and O–H groups in total. The van der Waals surface area contributed by atoms with Crippen molar-refractivity contribution in [2.45, 2.75) is 37.1 Å². The molecular formula is C15H23NO2S. The third-order valence-electron chi connectivity index (χ3n) is 3.55.